The van der Waals surface area contributed by atoms with Crippen LogP contribution in [-0.2, 0) is 14.3 Å². The van der Waals surface area contributed by atoms with Crippen LogP contribution in [-0.4, -0.2) is 36.6 Å². The van der Waals surface area contributed by atoms with E-state index in [0.717, 1.165) is 10.4 Å². The number of anilines is 1. The number of hydrogen-bond acceptors (Lipinski definition) is 5. The molecule has 1 N–H and O–H groups in total. The Morgan fingerprint density at radius 3 is 2.55 bits per heavy atom. The summed E-state index contributed by atoms with van der Waals surface area (Å²) in [6, 6.07) is 0. The fourth-order valence-corrected chi connectivity index (χ4v) is 3.38. The highest BCUT2D eigenvalue weighted by atomic mass is 32.1. The van der Waals surface area contributed by atoms with Gasteiger partial charge in [-0.05, 0) is 19.4 Å². The molecule has 0 bridgehead atoms. The van der Waals surface area contributed by atoms with Gasteiger partial charge >= 0.3 is 11.9 Å². The van der Waals surface area contributed by atoms with Crippen molar-refractivity contribution in [2.75, 3.05) is 18.6 Å². The van der Waals surface area contributed by atoms with Crippen LogP contribution in [0.2, 0.25) is 0 Å². The minimum Gasteiger partial charge on any atom is -0.481 e. The van der Waals surface area contributed by atoms with Gasteiger partial charge in [0, 0.05) is 17.8 Å². The van der Waals surface area contributed by atoms with Crippen molar-refractivity contribution < 1.29 is 24.2 Å². The zero-order chi connectivity index (χ0) is 15.0. The van der Waals surface area contributed by atoms with Crippen LogP contribution in [0.4, 0.5) is 5.00 Å². The molecule has 1 aromatic rings. The molecule has 0 saturated carbocycles. The van der Waals surface area contributed by atoms with E-state index in [1.165, 1.54) is 23.3 Å². The monoisotopic (exact) mass is 297 g/mol. The summed E-state index contributed by atoms with van der Waals surface area (Å²) in [6.07, 6.45) is -0.0358. The number of ether oxygens (including phenoxy) is 1. The fraction of sp³-hybridized carbons (Fsp3) is 0.462. The number of aliphatic carboxylic acids is 1. The van der Waals surface area contributed by atoms with Gasteiger partial charge in [-0.15, -0.1) is 11.3 Å². The van der Waals surface area contributed by atoms with Crippen LogP contribution in [0.25, 0.3) is 0 Å². The van der Waals surface area contributed by atoms with Crippen LogP contribution in [0.3, 0.4) is 0 Å². The molecule has 0 spiro atoms. The lowest BCUT2D eigenvalue weighted by molar-refractivity contribution is -0.141. The highest BCUT2D eigenvalue weighted by Gasteiger charge is 2.38. The number of nitrogens with zero attached hydrogens (tertiary/aromatic N) is 1. The predicted octanol–water partition coefficient (Wildman–Crippen LogP) is 1.59. The fourth-order valence-electron chi connectivity index (χ4n) is 2.21. The lowest BCUT2D eigenvalue weighted by atomic mass is 10.1. The average Bonchev–Trinajstić information content (AvgIpc) is 2.91. The van der Waals surface area contributed by atoms with E-state index >= 15 is 0 Å². The number of hydrogen-bond donors (Lipinski definition) is 1. The maximum Gasteiger partial charge on any atom is 0.341 e. The van der Waals surface area contributed by atoms with Crippen LogP contribution >= 0.6 is 11.3 Å². The van der Waals surface area contributed by atoms with Gasteiger partial charge < -0.3 is 14.7 Å². The number of esters is 1. The standard InChI is InChI=1S/C13H15NO5S/c1-6-7(2)20-11(10(6)13(18)19-3)14-5-8(12(16)17)4-9(14)15/h8H,4-5H2,1-3H3,(H,16,17). The van der Waals surface area contributed by atoms with Gasteiger partial charge in [-0.2, -0.15) is 0 Å². The van der Waals surface area contributed by atoms with Crippen molar-refractivity contribution in [2.45, 2.75) is 20.3 Å². The second-order valence-electron chi connectivity index (χ2n) is 4.70. The summed E-state index contributed by atoms with van der Waals surface area (Å²) in [5.74, 6) is -2.50. The molecule has 7 heteroatoms. The average molecular weight is 297 g/mol. The second-order valence-corrected chi connectivity index (χ2v) is 5.90. The molecule has 1 aliphatic rings. The van der Waals surface area contributed by atoms with Gasteiger partial charge in [-0.3, -0.25) is 9.59 Å². The number of carbonyl (C=O) groups is 3. The number of rotatable bonds is 3. The number of carbonyl (C=O) groups excluding carboxylic acids is 2. The topological polar surface area (TPSA) is 83.9 Å². The summed E-state index contributed by atoms with van der Waals surface area (Å²) >= 11 is 1.31. The second kappa shape index (κ2) is 5.24. The van der Waals surface area contributed by atoms with Crippen molar-refractivity contribution in [1.29, 1.82) is 0 Å². The number of aryl methyl sites for hydroxylation is 1. The minimum absolute atomic E-state index is 0.0358. The van der Waals surface area contributed by atoms with E-state index in [9.17, 15) is 14.4 Å². The highest BCUT2D eigenvalue weighted by molar-refractivity contribution is 7.16. The number of methoxy groups -OCH3 is 1. The molecule has 1 aliphatic heterocycles. The molecule has 0 radical (unpaired) electrons. The molecule has 20 heavy (non-hydrogen) atoms. The first kappa shape index (κ1) is 14.5. The first-order valence-corrected chi connectivity index (χ1v) is 6.90. The van der Waals surface area contributed by atoms with Gasteiger partial charge in [0.05, 0.1) is 18.6 Å². The van der Waals surface area contributed by atoms with Crippen molar-refractivity contribution >= 4 is 34.2 Å². The third kappa shape index (κ3) is 2.29. The molecule has 2 rings (SSSR count). The number of carboxylic acid groups (broad SMARTS) is 1. The summed E-state index contributed by atoms with van der Waals surface area (Å²) in [5, 5.41) is 9.50. The van der Waals surface area contributed by atoms with Gasteiger partial charge in [0.15, 0.2) is 0 Å². The van der Waals surface area contributed by atoms with E-state index < -0.39 is 17.9 Å². The zero-order valence-electron chi connectivity index (χ0n) is 11.4. The summed E-state index contributed by atoms with van der Waals surface area (Å²) in [5.41, 5.74) is 1.12. The summed E-state index contributed by atoms with van der Waals surface area (Å²) in [6.45, 7) is 3.74. The molecule has 0 aromatic carbocycles. The maximum atomic E-state index is 12.0. The normalized spacial score (nSPS) is 18.4. The van der Waals surface area contributed by atoms with Crippen LogP contribution in [0, 0.1) is 19.8 Å². The van der Waals surface area contributed by atoms with Gasteiger partial charge in [-0.1, -0.05) is 0 Å². The lowest BCUT2D eigenvalue weighted by Crippen LogP contribution is -2.26. The molecule has 1 amide bonds. The third-order valence-corrected chi connectivity index (χ3v) is 4.71. The Hall–Kier alpha value is -1.89. The molecule has 1 atom stereocenters. The molecule has 6 nitrogen and oxygen atoms in total. The molecule has 1 aromatic heterocycles. The van der Waals surface area contributed by atoms with E-state index in [0.29, 0.717) is 10.6 Å². The largest absolute Gasteiger partial charge is 0.481 e. The summed E-state index contributed by atoms with van der Waals surface area (Å²) in [7, 11) is 1.28. The predicted molar refractivity (Wildman–Crippen MR) is 73.2 cm³/mol. The zero-order valence-corrected chi connectivity index (χ0v) is 12.2. The smallest absolute Gasteiger partial charge is 0.341 e. The molecular weight excluding hydrogens is 282 g/mol. The van der Waals surface area contributed by atoms with Crippen LogP contribution in [0.15, 0.2) is 0 Å². The van der Waals surface area contributed by atoms with E-state index in [4.69, 9.17) is 9.84 Å². The first-order valence-electron chi connectivity index (χ1n) is 6.08. The Morgan fingerprint density at radius 2 is 2.05 bits per heavy atom. The Labute approximate surface area is 120 Å². The van der Waals surface area contributed by atoms with Crippen molar-refractivity contribution in [1.82, 2.24) is 0 Å². The van der Waals surface area contributed by atoms with Crippen molar-refractivity contribution in [3.05, 3.63) is 16.0 Å². The Bertz CT molecular complexity index is 592. The van der Waals surface area contributed by atoms with Crippen LogP contribution in [0.5, 0.6) is 0 Å². The Morgan fingerprint density at radius 1 is 1.40 bits per heavy atom. The van der Waals surface area contributed by atoms with Crippen LogP contribution in [0.1, 0.15) is 27.2 Å². The van der Waals surface area contributed by atoms with Gasteiger partial charge in [-0.25, -0.2) is 4.79 Å². The molecule has 1 unspecified atom stereocenters. The van der Waals surface area contributed by atoms with Crippen LogP contribution < -0.4 is 4.90 Å². The molecule has 0 aliphatic carbocycles. The van der Waals surface area contributed by atoms with Gasteiger partial charge in [0.2, 0.25) is 5.91 Å². The van der Waals surface area contributed by atoms with E-state index in [1.54, 1.807) is 6.92 Å². The first-order chi connectivity index (χ1) is 9.36. The van der Waals surface area contributed by atoms with E-state index in [2.05, 4.69) is 0 Å². The molecular formula is C13H15NO5S. The molecule has 108 valence electrons. The summed E-state index contributed by atoms with van der Waals surface area (Å²) in [4.78, 5) is 37.2. The van der Waals surface area contributed by atoms with E-state index in [-0.39, 0.29) is 18.9 Å². The summed E-state index contributed by atoms with van der Waals surface area (Å²) < 4.78 is 4.75. The highest BCUT2D eigenvalue weighted by Crippen LogP contribution is 2.38. The van der Waals surface area contributed by atoms with E-state index in [1.807, 2.05) is 6.92 Å². The minimum atomic E-state index is -0.995. The van der Waals surface area contributed by atoms with Gasteiger partial charge in [0.1, 0.15) is 5.00 Å². The number of amides is 1. The lowest BCUT2D eigenvalue weighted by Gasteiger charge is -2.15. The quantitative estimate of drug-likeness (QED) is 0.856. The third-order valence-electron chi connectivity index (χ3n) is 3.48. The van der Waals surface area contributed by atoms with Crippen molar-refractivity contribution in [2.24, 2.45) is 5.92 Å². The van der Waals surface area contributed by atoms with Crippen molar-refractivity contribution in [3.8, 4) is 0 Å². The molecule has 1 saturated heterocycles. The van der Waals surface area contributed by atoms with Gasteiger partial charge in [0.25, 0.3) is 0 Å². The SMILES string of the molecule is COC(=O)c1c(N2CC(C(=O)O)CC2=O)sc(C)c1C. The maximum absolute atomic E-state index is 12.0. The number of carboxylic acids is 1. The molecule has 2 heterocycles. The Balaban J connectivity index is 2.43. The molecule has 1 fully saturated rings. The van der Waals surface area contributed by atoms with Crippen molar-refractivity contribution in [3.63, 3.8) is 0 Å². The Kier molecular flexibility index (Phi) is 3.80. The number of thiophene rings is 1.